The average molecular weight is 301 g/mol. The number of nitrogens with zero attached hydrogens (tertiary/aromatic N) is 3. The largest absolute Gasteiger partial charge is 0.350 e. The number of hydrogen-bond acceptors (Lipinski definition) is 3. The minimum absolute atomic E-state index is 0.108. The maximum atomic E-state index is 12.1. The van der Waals surface area contributed by atoms with Gasteiger partial charge in [0, 0.05) is 30.4 Å². The van der Waals surface area contributed by atoms with Crippen molar-refractivity contribution in [1.29, 1.82) is 0 Å². The molecule has 0 spiro atoms. The summed E-state index contributed by atoms with van der Waals surface area (Å²) in [4.78, 5) is 12.1. The molecule has 0 saturated heterocycles. The van der Waals surface area contributed by atoms with Crippen LogP contribution in [0.2, 0.25) is 0 Å². The highest BCUT2D eigenvalue weighted by atomic mass is 16.1. The summed E-state index contributed by atoms with van der Waals surface area (Å²) in [5.74, 6) is 0.783. The molecule has 3 rings (SSSR count). The van der Waals surface area contributed by atoms with Crippen LogP contribution in [0.1, 0.15) is 53.3 Å². The third-order valence-electron chi connectivity index (χ3n) is 4.05. The van der Waals surface area contributed by atoms with Crippen LogP contribution in [0.3, 0.4) is 0 Å². The molecule has 1 aliphatic rings. The molecule has 2 aromatic heterocycles. The lowest BCUT2D eigenvalue weighted by Crippen LogP contribution is -2.30. The number of carbonyl (C=O) groups excluding carboxylic acids is 1. The van der Waals surface area contributed by atoms with E-state index in [-0.39, 0.29) is 5.91 Å². The predicted octanol–water partition coefficient (Wildman–Crippen LogP) is 2.17. The summed E-state index contributed by atoms with van der Waals surface area (Å²) >= 11 is 0. The highest BCUT2D eigenvalue weighted by Crippen LogP contribution is 2.38. The number of hydrogen-bond donors (Lipinski definition) is 2. The summed E-state index contributed by atoms with van der Waals surface area (Å²) in [5, 5.41) is 14.5. The van der Waals surface area contributed by atoms with Crippen molar-refractivity contribution in [3.8, 4) is 0 Å². The van der Waals surface area contributed by atoms with Gasteiger partial charge >= 0.3 is 0 Å². The Balaban J connectivity index is 1.50. The Morgan fingerprint density at radius 3 is 2.86 bits per heavy atom. The topological polar surface area (TPSA) is 75.6 Å². The zero-order valence-corrected chi connectivity index (χ0v) is 13.4. The van der Waals surface area contributed by atoms with Crippen molar-refractivity contribution in [1.82, 2.24) is 25.3 Å². The highest BCUT2D eigenvalue weighted by Gasteiger charge is 2.26. The molecule has 0 radical (unpaired) electrons. The van der Waals surface area contributed by atoms with E-state index in [9.17, 15) is 4.79 Å². The Morgan fingerprint density at radius 1 is 1.45 bits per heavy atom. The van der Waals surface area contributed by atoms with Crippen LogP contribution >= 0.6 is 0 Å². The van der Waals surface area contributed by atoms with Gasteiger partial charge in [0.1, 0.15) is 5.69 Å². The molecule has 1 fully saturated rings. The van der Waals surface area contributed by atoms with Gasteiger partial charge in [-0.3, -0.25) is 14.6 Å². The molecule has 2 N–H and O–H groups in total. The van der Waals surface area contributed by atoms with Crippen molar-refractivity contribution >= 4 is 5.91 Å². The maximum Gasteiger partial charge on any atom is 0.271 e. The Morgan fingerprint density at radius 2 is 2.23 bits per heavy atom. The molecule has 2 aromatic rings. The van der Waals surface area contributed by atoms with E-state index in [4.69, 9.17) is 0 Å². The first-order chi connectivity index (χ1) is 10.5. The molecule has 1 aliphatic carbocycles. The maximum absolute atomic E-state index is 12.1. The van der Waals surface area contributed by atoms with E-state index in [1.807, 2.05) is 17.7 Å². The summed E-state index contributed by atoms with van der Waals surface area (Å²) in [5.41, 5.74) is 3.75. The van der Waals surface area contributed by atoms with E-state index >= 15 is 0 Å². The van der Waals surface area contributed by atoms with E-state index in [1.54, 1.807) is 0 Å². The molecule has 0 aliphatic heterocycles. The van der Waals surface area contributed by atoms with E-state index in [0.717, 1.165) is 23.6 Å². The lowest BCUT2D eigenvalue weighted by atomic mass is 10.1. The van der Waals surface area contributed by atoms with Crippen molar-refractivity contribution in [2.24, 2.45) is 5.92 Å². The monoisotopic (exact) mass is 301 g/mol. The molecule has 6 nitrogen and oxygen atoms in total. The number of nitrogens with one attached hydrogen (secondary N) is 2. The molecule has 0 bridgehead atoms. The number of amides is 1. The third kappa shape index (κ3) is 3.37. The zero-order valence-electron chi connectivity index (χ0n) is 13.4. The second-order valence-electron chi connectivity index (χ2n) is 6.41. The number of rotatable bonds is 6. The Kier molecular flexibility index (Phi) is 4.00. The molecule has 2 heterocycles. The van der Waals surface area contributed by atoms with Gasteiger partial charge in [-0.15, -0.1) is 0 Å². The van der Waals surface area contributed by atoms with Crippen LogP contribution in [-0.4, -0.2) is 32.4 Å². The minimum Gasteiger partial charge on any atom is -0.350 e. The van der Waals surface area contributed by atoms with Crippen LogP contribution < -0.4 is 5.32 Å². The van der Waals surface area contributed by atoms with Gasteiger partial charge in [-0.25, -0.2) is 0 Å². The number of aromatic nitrogens is 4. The van der Waals surface area contributed by atoms with Gasteiger partial charge in [-0.1, -0.05) is 6.92 Å². The van der Waals surface area contributed by atoms with Gasteiger partial charge in [0.25, 0.3) is 5.91 Å². The fourth-order valence-electron chi connectivity index (χ4n) is 2.63. The molecular formula is C16H23N5O. The van der Waals surface area contributed by atoms with Gasteiger partial charge in [0.05, 0.1) is 5.69 Å². The first-order valence-electron chi connectivity index (χ1n) is 7.87. The molecule has 1 atom stereocenters. The number of aromatic amines is 1. The molecule has 6 heteroatoms. The quantitative estimate of drug-likeness (QED) is 0.858. The van der Waals surface area contributed by atoms with Crippen molar-refractivity contribution < 1.29 is 4.79 Å². The fraction of sp³-hybridized carbons (Fsp3) is 0.562. The number of H-pyrrole nitrogens is 1. The fourth-order valence-corrected chi connectivity index (χ4v) is 2.63. The molecule has 0 aromatic carbocycles. The smallest absolute Gasteiger partial charge is 0.271 e. The van der Waals surface area contributed by atoms with Crippen LogP contribution in [0.4, 0.5) is 0 Å². The van der Waals surface area contributed by atoms with Crippen LogP contribution in [0, 0.1) is 19.8 Å². The van der Waals surface area contributed by atoms with Gasteiger partial charge in [-0.05, 0) is 44.7 Å². The standard InChI is InChI=1S/C16H23N5O/c1-10(9-21-12(3)6-11(2)20-21)8-17-16(22)15-7-14(18-19-15)13-4-5-13/h6-7,10,13H,4-5,8-9H2,1-3H3,(H,17,22)(H,18,19)/t10-/m1/s1. The molecule has 1 amide bonds. The normalized spacial score (nSPS) is 15.8. The summed E-state index contributed by atoms with van der Waals surface area (Å²) < 4.78 is 1.99. The molecular weight excluding hydrogens is 278 g/mol. The minimum atomic E-state index is -0.108. The number of aryl methyl sites for hydroxylation is 2. The lowest BCUT2D eigenvalue weighted by molar-refractivity contribution is 0.0941. The summed E-state index contributed by atoms with van der Waals surface area (Å²) in [7, 11) is 0. The Hall–Kier alpha value is -2.11. The number of carbonyl (C=O) groups is 1. The zero-order chi connectivity index (χ0) is 15.7. The summed E-state index contributed by atoms with van der Waals surface area (Å²) in [6, 6.07) is 3.94. The van der Waals surface area contributed by atoms with Gasteiger partial charge in [0.2, 0.25) is 0 Å². The molecule has 22 heavy (non-hydrogen) atoms. The van der Waals surface area contributed by atoms with E-state index < -0.39 is 0 Å². The molecule has 0 unspecified atom stereocenters. The van der Waals surface area contributed by atoms with Crippen LogP contribution in [0.25, 0.3) is 0 Å². The van der Waals surface area contributed by atoms with E-state index in [1.165, 1.54) is 12.8 Å². The third-order valence-corrected chi connectivity index (χ3v) is 4.05. The van der Waals surface area contributed by atoms with Crippen LogP contribution in [-0.2, 0) is 6.54 Å². The van der Waals surface area contributed by atoms with Crippen molar-refractivity contribution in [3.63, 3.8) is 0 Å². The first kappa shape index (κ1) is 14.8. The van der Waals surface area contributed by atoms with Crippen LogP contribution in [0.15, 0.2) is 12.1 Å². The van der Waals surface area contributed by atoms with E-state index in [0.29, 0.717) is 24.1 Å². The van der Waals surface area contributed by atoms with Gasteiger partial charge in [0.15, 0.2) is 0 Å². The molecule has 1 saturated carbocycles. The van der Waals surface area contributed by atoms with Gasteiger partial charge < -0.3 is 5.32 Å². The Bertz CT molecular complexity index is 668. The predicted molar refractivity (Wildman–Crippen MR) is 83.8 cm³/mol. The summed E-state index contributed by atoms with van der Waals surface area (Å²) in [6.45, 7) is 7.56. The van der Waals surface area contributed by atoms with E-state index in [2.05, 4.69) is 40.5 Å². The van der Waals surface area contributed by atoms with Crippen LogP contribution in [0.5, 0.6) is 0 Å². The molecule has 118 valence electrons. The lowest BCUT2D eigenvalue weighted by Gasteiger charge is -2.13. The second kappa shape index (κ2) is 5.94. The van der Waals surface area contributed by atoms with Gasteiger partial charge in [-0.2, -0.15) is 10.2 Å². The van der Waals surface area contributed by atoms with Crippen molar-refractivity contribution in [2.75, 3.05) is 6.54 Å². The second-order valence-corrected chi connectivity index (χ2v) is 6.41. The average Bonchev–Trinajstić information content (AvgIpc) is 3.12. The SMILES string of the molecule is Cc1cc(C)n(C[C@H](C)CNC(=O)c2cc(C3CC3)[nH]n2)n1. The highest BCUT2D eigenvalue weighted by molar-refractivity contribution is 5.92. The van der Waals surface area contributed by atoms with Crippen molar-refractivity contribution in [2.45, 2.75) is 46.1 Å². The Labute approximate surface area is 130 Å². The first-order valence-corrected chi connectivity index (χ1v) is 7.87. The summed E-state index contributed by atoms with van der Waals surface area (Å²) in [6.07, 6.45) is 2.39. The van der Waals surface area contributed by atoms with Crippen molar-refractivity contribution in [3.05, 3.63) is 34.9 Å².